The Hall–Kier alpha value is -1.43. The third-order valence-corrected chi connectivity index (χ3v) is 4.16. The Labute approximate surface area is 126 Å². The Morgan fingerprint density at radius 2 is 1.95 bits per heavy atom. The minimum atomic E-state index is 0.793. The normalized spacial score (nSPS) is 18.1. The molecule has 0 unspecified atom stereocenters. The molecule has 1 fully saturated rings. The molecule has 1 saturated heterocycles. The fraction of sp³-hybridized carbons (Fsp3) is 0.562. The van der Waals surface area contributed by atoms with Gasteiger partial charge in [0.15, 0.2) is 0 Å². The zero-order valence-corrected chi connectivity index (χ0v) is 12.6. The zero-order valence-electron chi connectivity index (χ0n) is 12.6. The summed E-state index contributed by atoms with van der Waals surface area (Å²) in [6.45, 7) is 7.51. The van der Waals surface area contributed by atoms with E-state index in [1.165, 1.54) is 13.0 Å². The number of hydrogen-bond donors (Lipinski definition) is 1. The van der Waals surface area contributed by atoms with Gasteiger partial charge < -0.3 is 15.0 Å². The molecule has 0 radical (unpaired) electrons. The highest BCUT2D eigenvalue weighted by Crippen LogP contribution is 2.10. The van der Waals surface area contributed by atoms with E-state index in [0.717, 1.165) is 57.0 Å². The van der Waals surface area contributed by atoms with E-state index >= 15 is 0 Å². The largest absolute Gasteiger partial charge is 0.330 e. The summed E-state index contributed by atoms with van der Waals surface area (Å²) in [6.07, 6.45) is 6.54. The van der Waals surface area contributed by atoms with Gasteiger partial charge in [-0.2, -0.15) is 0 Å². The molecule has 2 N–H and O–H groups in total. The molecule has 0 aromatic carbocycles. The zero-order chi connectivity index (χ0) is 14.5. The summed E-state index contributed by atoms with van der Waals surface area (Å²) < 4.78 is 2.10. The Balaban J connectivity index is 1.57. The highest BCUT2D eigenvalue weighted by Gasteiger charge is 2.15. The maximum Gasteiger partial charge on any atom is 0.137 e. The van der Waals surface area contributed by atoms with Gasteiger partial charge in [-0.15, -0.1) is 0 Å². The Kier molecular flexibility index (Phi) is 4.85. The van der Waals surface area contributed by atoms with E-state index in [2.05, 4.69) is 32.7 Å². The summed E-state index contributed by atoms with van der Waals surface area (Å²) >= 11 is 0. The van der Waals surface area contributed by atoms with Crippen LogP contribution < -0.4 is 5.73 Å². The van der Waals surface area contributed by atoms with Gasteiger partial charge in [0.25, 0.3) is 0 Å². The fourth-order valence-electron chi connectivity index (χ4n) is 3.01. The molecule has 0 atom stereocenters. The molecule has 5 heteroatoms. The quantitative estimate of drug-likeness (QED) is 0.897. The van der Waals surface area contributed by atoms with Crippen LogP contribution in [0.2, 0.25) is 0 Å². The van der Waals surface area contributed by atoms with Crippen molar-refractivity contribution in [3.8, 4) is 0 Å². The van der Waals surface area contributed by atoms with Gasteiger partial charge in [-0.25, -0.2) is 4.98 Å². The average Bonchev–Trinajstić information content (AvgIpc) is 2.77. The molecule has 3 rings (SSSR count). The van der Waals surface area contributed by atoms with Crippen molar-refractivity contribution >= 4 is 5.65 Å². The van der Waals surface area contributed by atoms with Crippen LogP contribution >= 0.6 is 0 Å². The van der Waals surface area contributed by atoms with E-state index in [1.807, 2.05) is 12.1 Å². The predicted molar refractivity (Wildman–Crippen MR) is 85.2 cm³/mol. The van der Waals surface area contributed by atoms with Crippen molar-refractivity contribution in [1.82, 2.24) is 19.2 Å². The lowest BCUT2D eigenvalue weighted by atomic mass is 10.3. The van der Waals surface area contributed by atoms with Crippen molar-refractivity contribution in [1.29, 1.82) is 0 Å². The SMILES string of the molecule is NCCCN1CCCN(Cc2cn3ccccc3n2)CC1. The summed E-state index contributed by atoms with van der Waals surface area (Å²) in [5.41, 5.74) is 7.80. The highest BCUT2D eigenvalue weighted by molar-refractivity contribution is 5.39. The number of nitrogens with two attached hydrogens (primary N) is 1. The van der Waals surface area contributed by atoms with Crippen LogP contribution in [0.15, 0.2) is 30.6 Å². The lowest BCUT2D eigenvalue weighted by Crippen LogP contribution is -2.31. The van der Waals surface area contributed by atoms with Gasteiger partial charge in [0.2, 0.25) is 0 Å². The van der Waals surface area contributed by atoms with Gasteiger partial charge in [0.05, 0.1) is 5.69 Å². The molecule has 1 aliphatic heterocycles. The first-order chi connectivity index (χ1) is 10.3. The molecule has 0 aliphatic carbocycles. The minimum absolute atomic E-state index is 0.793. The molecule has 5 nitrogen and oxygen atoms in total. The molecule has 0 bridgehead atoms. The second-order valence-electron chi connectivity index (χ2n) is 5.81. The molecule has 21 heavy (non-hydrogen) atoms. The summed E-state index contributed by atoms with van der Waals surface area (Å²) in [7, 11) is 0. The molecule has 0 amide bonds. The van der Waals surface area contributed by atoms with Crippen LogP contribution in [0.1, 0.15) is 18.5 Å². The van der Waals surface area contributed by atoms with Crippen molar-refractivity contribution in [2.45, 2.75) is 19.4 Å². The average molecular weight is 287 g/mol. The maximum atomic E-state index is 5.60. The predicted octanol–water partition coefficient (Wildman–Crippen LogP) is 1.19. The number of imidazole rings is 1. The lowest BCUT2D eigenvalue weighted by Gasteiger charge is -2.20. The van der Waals surface area contributed by atoms with Gasteiger partial charge in [0, 0.05) is 32.0 Å². The van der Waals surface area contributed by atoms with Crippen LogP contribution in [0.5, 0.6) is 0 Å². The summed E-state index contributed by atoms with van der Waals surface area (Å²) in [5, 5.41) is 0. The number of aromatic nitrogens is 2. The molecule has 0 spiro atoms. The van der Waals surface area contributed by atoms with Crippen molar-refractivity contribution in [2.75, 3.05) is 39.3 Å². The summed E-state index contributed by atoms with van der Waals surface area (Å²) in [4.78, 5) is 9.75. The van der Waals surface area contributed by atoms with Crippen LogP contribution in [0.3, 0.4) is 0 Å². The number of rotatable bonds is 5. The summed E-state index contributed by atoms with van der Waals surface area (Å²) in [5.74, 6) is 0. The number of fused-ring (bicyclic) bond motifs is 1. The molecule has 114 valence electrons. The third-order valence-electron chi connectivity index (χ3n) is 4.16. The third kappa shape index (κ3) is 3.81. The van der Waals surface area contributed by atoms with Crippen LogP contribution in [0.25, 0.3) is 5.65 Å². The molecule has 2 aromatic heterocycles. The second-order valence-corrected chi connectivity index (χ2v) is 5.81. The molecular formula is C16H25N5. The van der Waals surface area contributed by atoms with Gasteiger partial charge in [-0.1, -0.05) is 6.07 Å². The van der Waals surface area contributed by atoms with E-state index in [-0.39, 0.29) is 0 Å². The van der Waals surface area contributed by atoms with Crippen molar-refractivity contribution < 1.29 is 0 Å². The van der Waals surface area contributed by atoms with Gasteiger partial charge in [-0.05, 0) is 51.2 Å². The van der Waals surface area contributed by atoms with Crippen molar-refractivity contribution in [2.24, 2.45) is 5.73 Å². The smallest absolute Gasteiger partial charge is 0.137 e. The molecule has 1 aliphatic rings. The highest BCUT2D eigenvalue weighted by atomic mass is 15.2. The summed E-state index contributed by atoms with van der Waals surface area (Å²) in [6, 6.07) is 6.13. The van der Waals surface area contributed by atoms with E-state index < -0.39 is 0 Å². The van der Waals surface area contributed by atoms with Crippen LogP contribution in [-0.2, 0) is 6.54 Å². The Morgan fingerprint density at radius 3 is 2.81 bits per heavy atom. The molecule has 2 aromatic rings. The van der Waals surface area contributed by atoms with E-state index in [4.69, 9.17) is 10.7 Å². The second kappa shape index (κ2) is 7.02. The van der Waals surface area contributed by atoms with E-state index in [0.29, 0.717) is 0 Å². The fourth-order valence-corrected chi connectivity index (χ4v) is 3.01. The van der Waals surface area contributed by atoms with Gasteiger partial charge in [0.1, 0.15) is 5.65 Å². The minimum Gasteiger partial charge on any atom is -0.330 e. The molecular weight excluding hydrogens is 262 g/mol. The van der Waals surface area contributed by atoms with Crippen molar-refractivity contribution in [3.05, 3.63) is 36.3 Å². The number of hydrogen-bond acceptors (Lipinski definition) is 4. The Bertz CT molecular complexity index is 532. The topological polar surface area (TPSA) is 49.8 Å². The van der Waals surface area contributed by atoms with Gasteiger partial charge in [-0.3, -0.25) is 4.90 Å². The molecule has 3 heterocycles. The maximum absolute atomic E-state index is 5.60. The van der Waals surface area contributed by atoms with E-state index in [1.54, 1.807) is 0 Å². The van der Waals surface area contributed by atoms with Crippen LogP contribution in [-0.4, -0.2) is 58.5 Å². The molecule has 0 saturated carbocycles. The van der Waals surface area contributed by atoms with Crippen molar-refractivity contribution in [3.63, 3.8) is 0 Å². The van der Waals surface area contributed by atoms with Gasteiger partial charge >= 0.3 is 0 Å². The number of nitrogens with zero attached hydrogens (tertiary/aromatic N) is 4. The standard InChI is InChI=1S/C16H25N5/c17-6-3-7-19-8-4-9-20(12-11-19)13-15-14-21-10-2-1-5-16(21)18-15/h1-2,5,10,14H,3-4,6-9,11-13,17H2. The number of pyridine rings is 1. The Morgan fingerprint density at radius 1 is 1.10 bits per heavy atom. The first-order valence-electron chi connectivity index (χ1n) is 7.92. The first-order valence-corrected chi connectivity index (χ1v) is 7.92. The monoisotopic (exact) mass is 287 g/mol. The van der Waals surface area contributed by atoms with E-state index in [9.17, 15) is 0 Å². The van der Waals surface area contributed by atoms with Crippen LogP contribution in [0, 0.1) is 0 Å². The first kappa shape index (κ1) is 14.5. The lowest BCUT2D eigenvalue weighted by molar-refractivity contribution is 0.249. The van der Waals surface area contributed by atoms with Crippen LogP contribution in [0.4, 0.5) is 0 Å².